The van der Waals surface area contributed by atoms with E-state index >= 15 is 0 Å². The topological polar surface area (TPSA) is 40.6 Å². The molecule has 2 aromatic rings. The van der Waals surface area contributed by atoms with E-state index < -0.39 is 9.84 Å². The molecule has 0 bridgehead atoms. The van der Waals surface area contributed by atoms with Crippen LogP contribution in [-0.2, 0) is 16.4 Å². The molecule has 5 heteroatoms. The van der Waals surface area contributed by atoms with E-state index in [4.69, 9.17) is 0 Å². The quantitative estimate of drug-likeness (QED) is 0.842. The molecule has 0 aliphatic carbocycles. The lowest BCUT2D eigenvalue weighted by atomic mass is 10.1. The van der Waals surface area contributed by atoms with Gasteiger partial charge in [0.1, 0.15) is 0 Å². The fourth-order valence-corrected chi connectivity index (χ4v) is 4.07. The molecule has 1 aliphatic rings. The molecule has 1 unspecified atom stereocenters. The minimum absolute atomic E-state index is 0.383. The van der Waals surface area contributed by atoms with Gasteiger partial charge in [0.25, 0.3) is 0 Å². The second kappa shape index (κ2) is 7.18. The number of hydrogen-bond donors (Lipinski definition) is 0. The molecule has 0 saturated carbocycles. The van der Waals surface area contributed by atoms with E-state index in [-0.39, 0.29) is 0 Å². The van der Waals surface area contributed by atoms with Gasteiger partial charge in [0.15, 0.2) is 9.84 Å². The number of anilines is 1. The van der Waals surface area contributed by atoms with Gasteiger partial charge in [-0.3, -0.25) is 4.90 Å². The van der Waals surface area contributed by atoms with E-state index in [0.29, 0.717) is 10.9 Å². The third kappa shape index (κ3) is 4.22. The van der Waals surface area contributed by atoms with Crippen molar-refractivity contribution in [3.8, 4) is 0 Å². The van der Waals surface area contributed by atoms with Crippen molar-refractivity contribution < 1.29 is 8.42 Å². The number of benzene rings is 2. The fraction of sp³-hybridized carbons (Fsp3) is 0.400. The molecule has 0 aromatic heterocycles. The molecular weight excluding hydrogens is 332 g/mol. The number of hydrogen-bond acceptors (Lipinski definition) is 4. The predicted octanol–water partition coefficient (Wildman–Crippen LogP) is 3.11. The maximum absolute atomic E-state index is 11.6. The summed E-state index contributed by atoms with van der Waals surface area (Å²) in [6.45, 7) is 8.30. The van der Waals surface area contributed by atoms with Crippen LogP contribution < -0.4 is 4.90 Å². The first-order valence-electron chi connectivity index (χ1n) is 8.68. The van der Waals surface area contributed by atoms with Crippen molar-refractivity contribution in [3.05, 3.63) is 59.7 Å². The van der Waals surface area contributed by atoms with E-state index in [1.807, 2.05) is 12.1 Å². The summed E-state index contributed by atoms with van der Waals surface area (Å²) in [4.78, 5) is 5.31. The van der Waals surface area contributed by atoms with Crippen molar-refractivity contribution in [2.45, 2.75) is 31.3 Å². The Morgan fingerprint density at radius 1 is 1.04 bits per heavy atom. The van der Waals surface area contributed by atoms with Gasteiger partial charge in [-0.15, -0.1) is 0 Å². The molecule has 4 nitrogen and oxygen atoms in total. The summed E-state index contributed by atoms with van der Waals surface area (Å²) < 4.78 is 23.1. The van der Waals surface area contributed by atoms with Gasteiger partial charge in [-0.05, 0) is 43.2 Å². The Bertz CT molecular complexity index is 831. The lowest BCUT2D eigenvalue weighted by Gasteiger charge is -2.41. The summed E-state index contributed by atoms with van der Waals surface area (Å²) in [5, 5.41) is 0. The zero-order chi connectivity index (χ0) is 18.0. The van der Waals surface area contributed by atoms with Crippen LogP contribution in [-0.4, -0.2) is 45.2 Å². The SMILES string of the molecule is Cc1ccccc1N1CCN(Cc2ccc(S(C)(=O)=O)cc2)C(C)C1. The average molecular weight is 359 g/mol. The van der Waals surface area contributed by atoms with Gasteiger partial charge in [-0.2, -0.15) is 0 Å². The van der Waals surface area contributed by atoms with Crippen LogP contribution in [0.1, 0.15) is 18.1 Å². The Kier molecular flexibility index (Phi) is 5.16. The molecule has 2 aromatic carbocycles. The second-order valence-electron chi connectivity index (χ2n) is 6.97. The van der Waals surface area contributed by atoms with Crippen molar-refractivity contribution in [1.29, 1.82) is 0 Å². The summed E-state index contributed by atoms with van der Waals surface area (Å²) >= 11 is 0. The highest BCUT2D eigenvalue weighted by Crippen LogP contribution is 2.24. The lowest BCUT2D eigenvalue weighted by molar-refractivity contribution is 0.181. The largest absolute Gasteiger partial charge is 0.368 e. The molecule has 25 heavy (non-hydrogen) atoms. The molecule has 0 N–H and O–H groups in total. The van der Waals surface area contributed by atoms with Gasteiger partial charge in [0.2, 0.25) is 0 Å². The maximum atomic E-state index is 11.6. The molecule has 1 fully saturated rings. The first-order chi connectivity index (χ1) is 11.8. The smallest absolute Gasteiger partial charge is 0.175 e. The van der Waals surface area contributed by atoms with Gasteiger partial charge in [0.05, 0.1) is 4.90 Å². The zero-order valence-corrected chi connectivity index (χ0v) is 16.0. The monoisotopic (exact) mass is 358 g/mol. The lowest BCUT2D eigenvalue weighted by Crippen LogP contribution is -2.51. The average Bonchev–Trinajstić information content (AvgIpc) is 2.57. The molecule has 1 aliphatic heterocycles. The van der Waals surface area contributed by atoms with Crippen LogP contribution in [0.3, 0.4) is 0 Å². The third-order valence-electron chi connectivity index (χ3n) is 4.96. The first-order valence-corrected chi connectivity index (χ1v) is 10.6. The highest BCUT2D eigenvalue weighted by Gasteiger charge is 2.24. The van der Waals surface area contributed by atoms with Crippen LogP contribution in [0.2, 0.25) is 0 Å². The summed E-state index contributed by atoms with van der Waals surface area (Å²) in [6, 6.07) is 16.3. The summed E-state index contributed by atoms with van der Waals surface area (Å²) in [7, 11) is -3.13. The molecule has 0 radical (unpaired) electrons. The number of para-hydroxylation sites is 1. The number of rotatable bonds is 4. The Morgan fingerprint density at radius 3 is 2.32 bits per heavy atom. The molecule has 3 rings (SSSR count). The van der Waals surface area contributed by atoms with E-state index in [2.05, 4.69) is 47.9 Å². The van der Waals surface area contributed by atoms with Crippen LogP contribution in [0.25, 0.3) is 0 Å². The fourth-order valence-electron chi connectivity index (χ4n) is 3.44. The predicted molar refractivity (Wildman–Crippen MR) is 103 cm³/mol. The van der Waals surface area contributed by atoms with Crippen LogP contribution in [0, 0.1) is 6.92 Å². The van der Waals surface area contributed by atoms with Crippen LogP contribution >= 0.6 is 0 Å². The minimum Gasteiger partial charge on any atom is -0.368 e. The molecule has 1 saturated heterocycles. The first kappa shape index (κ1) is 18.0. The maximum Gasteiger partial charge on any atom is 0.175 e. The number of aryl methyl sites for hydroxylation is 1. The van der Waals surface area contributed by atoms with Gasteiger partial charge in [-0.1, -0.05) is 30.3 Å². The van der Waals surface area contributed by atoms with Crippen LogP contribution in [0.5, 0.6) is 0 Å². The van der Waals surface area contributed by atoms with Crippen molar-refractivity contribution in [1.82, 2.24) is 4.90 Å². The van der Waals surface area contributed by atoms with Gasteiger partial charge in [-0.25, -0.2) is 8.42 Å². The Labute approximate surface area is 151 Å². The van der Waals surface area contributed by atoms with Crippen molar-refractivity contribution in [2.24, 2.45) is 0 Å². The molecule has 0 spiro atoms. The molecule has 0 amide bonds. The Morgan fingerprint density at radius 2 is 1.72 bits per heavy atom. The van der Waals surface area contributed by atoms with Gasteiger partial charge < -0.3 is 4.90 Å². The van der Waals surface area contributed by atoms with Crippen LogP contribution in [0.4, 0.5) is 5.69 Å². The third-order valence-corrected chi connectivity index (χ3v) is 6.09. The molecule has 1 atom stereocenters. The second-order valence-corrected chi connectivity index (χ2v) is 8.98. The highest BCUT2D eigenvalue weighted by molar-refractivity contribution is 7.90. The van der Waals surface area contributed by atoms with E-state index in [1.54, 1.807) is 12.1 Å². The number of piperazine rings is 1. The highest BCUT2D eigenvalue weighted by atomic mass is 32.2. The number of nitrogens with zero attached hydrogens (tertiary/aromatic N) is 2. The van der Waals surface area contributed by atoms with Crippen LogP contribution in [0.15, 0.2) is 53.4 Å². The Hall–Kier alpha value is -1.85. The van der Waals surface area contributed by atoms with Gasteiger partial charge >= 0.3 is 0 Å². The number of sulfone groups is 1. The molecule has 1 heterocycles. The van der Waals surface area contributed by atoms with Crippen molar-refractivity contribution >= 4 is 15.5 Å². The normalized spacial score (nSPS) is 19.2. The zero-order valence-electron chi connectivity index (χ0n) is 15.1. The summed E-state index contributed by atoms with van der Waals surface area (Å²) in [5.74, 6) is 0. The van der Waals surface area contributed by atoms with E-state index in [1.165, 1.54) is 17.5 Å². The minimum atomic E-state index is -3.13. The Balaban J connectivity index is 1.65. The summed E-state index contributed by atoms with van der Waals surface area (Å²) in [5.41, 5.74) is 3.80. The van der Waals surface area contributed by atoms with E-state index in [9.17, 15) is 8.42 Å². The van der Waals surface area contributed by atoms with Gasteiger partial charge in [0, 0.05) is 44.2 Å². The molecule has 134 valence electrons. The van der Waals surface area contributed by atoms with E-state index in [0.717, 1.165) is 31.7 Å². The molecular formula is C20H26N2O2S. The summed E-state index contributed by atoms with van der Waals surface area (Å²) in [6.07, 6.45) is 1.24. The van der Waals surface area contributed by atoms with Crippen molar-refractivity contribution in [3.63, 3.8) is 0 Å². The standard InChI is InChI=1S/C20H26N2O2S/c1-16-6-4-5-7-20(16)22-13-12-21(17(2)14-22)15-18-8-10-19(11-9-18)25(3,23)24/h4-11,17H,12-15H2,1-3H3. The van der Waals surface area contributed by atoms with Crippen molar-refractivity contribution in [2.75, 3.05) is 30.8 Å².